The van der Waals surface area contributed by atoms with E-state index in [0.717, 1.165) is 37.7 Å². The lowest BCUT2D eigenvalue weighted by Crippen LogP contribution is -2.10. The Hall–Kier alpha value is -2.11. The van der Waals surface area contributed by atoms with Gasteiger partial charge in [0.15, 0.2) is 11.9 Å². The van der Waals surface area contributed by atoms with E-state index < -0.39 is 12.1 Å². The van der Waals surface area contributed by atoms with Crippen LogP contribution in [0, 0.1) is 0 Å². The van der Waals surface area contributed by atoms with E-state index in [-0.39, 0.29) is 18.0 Å². The van der Waals surface area contributed by atoms with E-state index in [1.165, 1.54) is 58.3 Å². The van der Waals surface area contributed by atoms with Gasteiger partial charge in [0.1, 0.15) is 6.10 Å². The normalized spacial score (nSPS) is 20.4. The first-order valence-corrected chi connectivity index (χ1v) is 12.4. The number of cyclic esters (lactones) is 2. The van der Waals surface area contributed by atoms with Crippen LogP contribution >= 0.6 is 0 Å². The van der Waals surface area contributed by atoms with Crippen molar-refractivity contribution in [3.63, 3.8) is 0 Å². The fourth-order valence-corrected chi connectivity index (χ4v) is 4.36. The lowest BCUT2D eigenvalue weighted by Gasteiger charge is -2.07. The van der Waals surface area contributed by atoms with E-state index in [0.29, 0.717) is 17.8 Å². The Balaban J connectivity index is 1.40. The van der Waals surface area contributed by atoms with E-state index in [4.69, 9.17) is 14.2 Å². The van der Waals surface area contributed by atoms with Crippen molar-refractivity contribution in [2.24, 2.45) is 0 Å². The molecule has 0 amide bonds. The molecule has 6 nitrogen and oxygen atoms in total. The second kappa shape index (κ2) is 14.1. The Morgan fingerprint density at radius 3 is 1.75 bits per heavy atom. The minimum atomic E-state index is -0.464. The van der Waals surface area contributed by atoms with Gasteiger partial charge >= 0.3 is 17.9 Å². The van der Waals surface area contributed by atoms with Gasteiger partial charge in [-0.2, -0.15) is 0 Å². The topological polar surface area (TPSA) is 78.9 Å². The van der Waals surface area contributed by atoms with Gasteiger partial charge < -0.3 is 14.2 Å². The highest BCUT2D eigenvalue weighted by atomic mass is 16.6. The maximum Gasteiger partial charge on any atom is 0.338 e. The maximum absolute atomic E-state index is 11.9. The molecule has 0 aliphatic carbocycles. The van der Waals surface area contributed by atoms with Crippen LogP contribution in [-0.4, -0.2) is 30.1 Å². The molecule has 0 unspecified atom stereocenters. The predicted octanol–water partition coefficient (Wildman–Crippen LogP) is 6.08. The van der Waals surface area contributed by atoms with Gasteiger partial charge in [-0.15, -0.1) is 0 Å². The monoisotopic (exact) mass is 448 g/mol. The molecule has 0 aromatic rings. The van der Waals surface area contributed by atoms with Crippen LogP contribution in [0.25, 0.3) is 0 Å². The molecule has 0 saturated carbocycles. The first-order valence-electron chi connectivity index (χ1n) is 12.4. The molecular formula is C26H40O6. The second-order valence-electron chi connectivity index (χ2n) is 9.03. The van der Waals surface area contributed by atoms with Crippen molar-refractivity contribution in [1.82, 2.24) is 0 Å². The van der Waals surface area contributed by atoms with Crippen molar-refractivity contribution in [2.45, 2.75) is 123 Å². The number of esters is 3. The molecule has 0 saturated heterocycles. The highest BCUT2D eigenvalue weighted by molar-refractivity contribution is 5.92. The molecule has 0 aromatic carbocycles. The molecule has 2 heterocycles. The molecule has 2 atom stereocenters. The molecule has 0 radical (unpaired) electrons. The first-order chi connectivity index (χ1) is 15.4. The first kappa shape index (κ1) is 26.1. The average Bonchev–Trinajstić information content (AvgIpc) is 3.18. The van der Waals surface area contributed by atoms with Crippen LogP contribution in [0.1, 0.15) is 111 Å². The lowest BCUT2D eigenvalue weighted by molar-refractivity contribution is -0.143. The number of hydrogen-bond donors (Lipinski definition) is 0. The summed E-state index contributed by atoms with van der Waals surface area (Å²) < 4.78 is 15.5. The van der Waals surface area contributed by atoms with Crippen LogP contribution in [-0.2, 0) is 28.6 Å². The molecule has 0 fully saturated rings. The van der Waals surface area contributed by atoms with Crippen LogP contribution in [0.2, 0.25) is 0 Å². The van der Waals surface area contributed by atoms with Gasteiger partial charge in [0.05, 0.1) is 5.57 Å². The summed E-state index contributed by atoms with van der Waals surface area (Å²) in [6, 6.07) is 0. The summed E-state index contributed by atoms with van der Waals surface area (Å²) in [5.74, 6) is -0.487. The quantitative estimate of drug-likeness (QED) is 0.162. The molecule has 2 aliphatic rings. The Kier molecular flexibility index (Phi) is 11.5. The molecule has 32 heavy (non-hydrogen) atoms. The van der Waals surface area contributed by atoms with Crippen LogP contribution in [0.4, 0.5) is 0 Å². The summed E-state index contributed by atoms with van der Waals surface area (Å²) in [6.45, 7) is 4.98. The fraction of sp³-hybridized carbons (Fsp3) is 0.731. The van der Waals surface area contributed by atoms with Crippen molar-refractivity contribution in [3.8, 4) is 0 Å². The Morgan fingerprint density at radius 1 is 0.781 bits per heavy atom. The molecule has 0 N–H and O–H groups in total. The Bertz CT molecular complexity index is 705. The summed E-state index contributed by atoms with van der Waals surface area (Å²) in [5, 5.41) is 0. The number of carbonyl (C=O) groups is 3. The number of carbonyl (C=O) groups excluding carboxylic acids is 3. The van der Waals surface area contributed by atoms with E-state index >= 15 is 0 Å². The van der Waals surface area contributed by atoms with E-state index in [1.807, 2.05) is 13.0 Å². The van der Waals surface area contributed by atoms with Gasteiger partial charge in [0.2, 0.25) is 0 Å². The highest BCUT2D eigenvalue weighted by Gasteiger charge is 2.33. The van der Waals surface area contributed by atoms with Gasteiger partial charge in [-0.3, -0.25) is 4.79 Å². The molecule has 0 spiro atoms. The lowest BCUT2D eigenvalue weighted by atomic mass is 10.0. The van der Waals surface area contributed by atoms with Gasteiger partial charge in [0, 0.05) is 12.5 Å². The Morgan fingerprint density at radius 2 is 1.28 bits per heavy atom. The molecular weight excluding hydrogens is 408 g/mol. The number of ether oxygens (including phenoxy) is 3. The van der Waals surface area contributed by atoms with Gasteiger partial charge in [-0.05, 0) is 45.6 Å². The summed E-state index contributed by atoms with van der Waals surface area (Å²) in [5.41, 5.74) is 1.39. The van der Waals surface area contributed by atoms with Gasteiger partial charge in [-0.1, -0.05) is 64.2 Å². The number of hydrogen-bond acceptors (Lipinski definition) is 6. The molecule has 2 rings (SSSR count). The molecule has 2 aliphatic heterocycles. The van der Waals surface area contributed by atoms with Crippen LogP contribution < -0.4 is 0 Å². The van der Waals surface area contributed by atoms with Crippen molar-refractivity contribution in [1.29, 1.82) is 0 Å². The van der Waals surface area contributed by atoms with Crippen LogP contribution in [0.5, 0.6) is 0 Å². The predicted molar refractivity (Wildman–Crippen MR) is 123 cm³/mol. The zero-order valence-electron chi connectivity index (χ0n) is 20.1. The van der Waals surface area contributed by atoms with E-state index in [1.54, 1.807) is 6.92 Å². The van der Waals surface area contributed by atoms with Crippen molar-refractivity contribution in [3.05, 3.63) is 23.0 Å². The van der Waals surface area contributed by atoms with Gasteiger partial charge in [0.25, 0.3) is 0 Å². The van der Waals surface area contributed by atoms with Crippen LogP contribution in [0.3, 0.4) is 0 Å². The molecule has 0 bridgehead atoms. The largest absolute Gasteiger partial charge is 0.455 e. The third-order valence-electron chi connectivity index (χ3n) is 6.06. The van der Waals surface area contributed by atoms with Crippen LogP contribution in [0.15, 0.2) is 23.0 Å². The third-order valence-corrected chi connectivity index (χ3v) is 6.06. The highest BCUT2D eigenvalue weighted by Crippen LogP contribution is 2.28. The molecule has 6 heteroatoms. The second-order valence-corrected chi connectivity index (χ2v) is 9.03. The summed E-state index contributed by atoms with van der Waals surface area (Å²) >= 11 is 0. The van der Waals surface area contributed by atoms with Gasteiger partial charge in [-0.25, -0.2) is 9.59 Å². The SMILES string of the molecule is CC(=O)OC1=C(CCCCCCCCCCCCCCC2=C[C@@H](C)OC2=O)C(=O)O[C@@H]1C. The average molecular weight is 449 g/mol. The minimum absolute atomic E-state index is 0.0509. The third kappa shape index (κ3) is 9.17. The molecule has 180 valence electrons. The minimum Gasteiger partial charge on any atom is -0.455 e. The zero-order chi connectivity index (χ0) is 23.3. The number of rotatable bonds is 16. The summed E-state index contributed by atoms with van der Waals surface area (Å²) in [6.07, 6.45) is 17.2. The van der Waals surface area contributed by atoms with Crippen molar-refractivity contribution >= 4 is 17.9 Å². The standard InChI is InChI=1S/C26H40O6/c1-19-18-22(25(28)30-19)16-14-12-10-8-6-4-5-7-9-11-13-15-17-23-24(32-21(3)27)20(2)31-26(23)29/h18-20H,4-17H2,1-3H3/t19-,20-/m1/s1. The smallest absolute Gasteiger partial charge is 0.338 e. The van der Waals surface area contributed by atoms with Crippen molar-refractivity contribution in [2.75, 3.05) is 0 Å². The van der Waals surface area contributed by atoms with E-state index in [2.05, 4.69) is 0 Å². The molecule has 0 aromatic heterocycles. The van der Waals surface area contributed by atoms with Crippen molar-refractivity contribution < 1.29 is 28.6 Å². The van der Waals surface area contributed by atoms with E-state index in [9.17, 15) is 14.4 Å². The zero-order valence-corrected chi connectivity index (χ0v) is 20.1. The Labute approximate surface area is 192 Å². The number of unbranched alkanes of at least 4 members (excludes halogenated alkanes) is 11. The fourth-order valence-electron chi connectivity index (χ4n) is 4.36. The summed E-state index contributed by atoms with van der Waals surface area (Å²) in [4.78, 5) is 34.7. The maximum atomic E-state index is 11.9. The summed E-state index contributed by atoms with van der Waals surface area (Å²) in [7, 11) is 0.